The monoisotopic (exact) mass is 422 g/mol. The number of nitrogens with one attached hydrogen (secondary N) is 2. The predicted molar refractivity (Wildman–Crippen MR) is 110 cm³/mol. The third-order valence-corrected chi connectivity index (χ3v) is 4.58. The van der Waals surface area contributed by atoms with Gasteiger partial charge in [-0.1, -0.05) is 12.1 Å². The zero-order chi connectivity index (χ0) is 23.0. The first-order valence-corrected chi connectivity index (χ1v) is 9.46. The maximum atomic E-state index is 12.8. The van der Waals surface area contributed by atoms with E-state index in [9.17, 15) is 19.2 Å². The summed E-state index contributed by atoms with van der Waals surface area (Å²) in [6.07, 6.45) is 0.137. The quantitative estimate of drug-likeness (QED) is 0.397. The molecule has 4 atom stereocenters. The van der Waals surface area contributed by atoms with Crippen LogP contribution in [-0.2, 0) is 25.6 Å². The summed E-state index contributed by atoms with van der Waals surface area (Å²) < 4.78 is 5.11. The van der Waals surface area contributed by atoms with Crippen molar-refractivity contribution < 1.29 is 29.0 Å². The van der Waals surface area contributed by atoms with E-state index in [1.807, 2.05) is 0 Å². The number of benzene rings is 1. The highest BCUT2D eigenvalue weighted by Crippen LogP contribution is 2.15. The molecule has 0 aliphatic heterocycles. The van der Waals surface area contributed by atoms with Crippen molar-refractivity contribution in [2.24, 2.45) is 5.73 Å². The molecule has 0 spiro atoms. The number of nitrogens with zero attached hydrogens (tertiary/aromatic N) is 1. The Labute approximate surface area is 175 Å². The zero-order valence-electron chi connectivity index (χ0n) is 17.8. The number of likely N-dealkylation sites (N-methyl/N-ethyl adjacent to an activating group) is 1. The predicted octanol–water partition coefficient (Wildman–Crippen LogP) is -0.494. The highest BCUT2D eigenvalue weighted by atomic mass is 16.5. The second kappa shape index (κ2) is 11.1. The van der Waals surface area contributed by atoms with Crippen molar-refractivity contribution in [1.82, 2.24) is 15.5 Å². The van der Waals surface area contributed by atoms with Crippen molar-refractivity contribution in [2.45, 2.75) is 51.4 Å². The van der Waals surface area contributed by atoms with E-state index in [2.05, 4.69) is 10.6 Å². The van der Waals surface area contributed by atoms with Crippen LogP contribution in [0, 0.1) is 0 Å². The summed E-state index contributed by atoms with van der Waals surface area (Å²) >= 11 is 0. The first-order valence-electron chi connectivity index (χ1n) is 9.46. The van der Waals surface area contributed by atoms with Crippen LogP contribution < -0.4 is 21.1 Å². The van der Waals surface area contributed by atoms with E-state index in [1.165, 1.54) is 39.8 Å². The zero-order valence-corrected chi connectivity index (χ0v) is 17.8. The molecule has 3 amide bonds. The van der Waals surface area contributed by atoms with E-state index < -0.39 is 47.9 Å². The first kappa shape index (κ1) is 24.9. The van der Waals surface area contributed by atoms with Gasteiger partial charge in [-0.2, -0.15) is 0 Å². The number of carboxylic acids is 1. The van der Waals surface area contributed by atoms with Crippen molar-refractivity contribution in [1.29, 1.82) is 0 Å². The van der Waals surface area contributed by atoms with Gasteiger partial charge in [0, 0.05) is 13.5 Å². The molecule has 30 heavy (non-hydrogen) atoms. The Morgan fingerprint density at radius 2 is 1.57 bits per heavy atom. The molecule has 0 saturated carbocycles. The molecule has 0 bridgehead atoms. The molecule has 0 heterocycles. The molecular weight excluding hydrogens is 392 g/mol. The van der Waals surface area contributed by atoms with Crippen molar-refractivity contribution in [3.8, 4) is 5.75 Å². The number of aliphatic carboxylic acids is 1. The number of amides is 3. The maximum absolute atomic E-state index is 12.8. The van der Waals surface area contributed by atoms with E-state index in [0.29, 0.717) is 5.75 Å². The summed E-state index contributed by atoms with van der Waals surface area (Å²) in [4.78, 5) is 49.7. The largest absolute Gasteiger partial charge is 0.497 e. The summed E-state index contributed by atoms with van der Waals surface area (Å²) in [5.41, 5.74) is 6.25. The van der Waals surface area contributed by atoms with Crippen LogP contribution in [-0.4, -0.2) is 72.0 Å². The van der Waals surface area contributed by atoms with Crippen molar-refractivity contribution in [3.05, 3.63) is 29.8 Å². The summed E-state index contributed by atoms with van der Waals surface area (Å²) in [5, 5.41) is 14.0. The third kappa shape index (κ3) is 7.03. The topological polar surface area (TPSA) is 151 Å². The fourth-order valence-corrected chi connectivity index (χ4v) is 2.63. The molecule has 0 fully saturated rings. The van der Waals surface area contributed by atoms with E-state index in [0.717, 1.165) is 5.56 Å². The average Bonchev–Trinajstić information content (AvgIpc) is 2.70. The van der Waals surface area contributed by atoms with Gasteiger partial charge in [-0.05, 0) is 38.5 Å². The molecule has 5 N–H and O–H groups in total. The van der Waals surface area contributed by atoms with Gasteiger partial charge in [-0.25, -0.2) is 0 Å². The lowest BCUT2D eigenvalue weighted by atomic mass is 10.0. The molecular formula is C20H30N4O6. The SMILES string of the molecule is COc1ccc(C[C@@H](C(=O)N[C@@H](C)C(=O)O)N(C)C(=O)[C@H](C)NC(=O)[C@@H](C)N)cc1. The molecule has 1 aromatic rings. The van der Waals surface area contributed by atoms with Gasteiger partial charge >= 0.3 is 5.97 Å². The lowest BCUT2D eigenvalue weighted by molar-refractivity contribution is -0.144. The molecule has 0 radical (unpaired) electrons. The summed E-state index contributed by atoms with van der Waals surface area (Å²) in [5.74, 6) is -2.20. The van der Waals surface area contributed by atoms with Gasteiger partial charge in [-0.3, -0.25) is 19.2 Å². The summed E-state index contributed by atoms with van der Waals surface area (Å²) in [6.45, 7) is 4.31. The highest BCUT2D eigenvalue weighted by Gasteiger charge is 2.32. The molecule has 0 aromatic heterocycles. The fourth-order valence-electron chi connectivity index (χ4n) is 2.63. The van der Waals surface area contributed by atoms with Gasteiger partial charge in [-0.15, -0.1) is 0 Å². The van der Waals surface area contributed by atoms with Crippen LogP contribution in [0.1, 0.15) is 26.3 Å². The highest BCUT2D eigenvalue weighted by molar-refractivity contribution is 5.93. The van der Waals surface area contributed by atoms with Crippen LogP contribution >= 0.6 is 0 Å². The molecule has 10 heteroatoms. The van der Waals surface area contributed by atoms with Crippen molar-refractivity contribution in [3.63, 3.8) is 0 Å². The van der Waals surface area contributed by atoms with E-state index in [-0.39, 0.29) is 6.42 Å². The van der Waals surface area contributed by atoms with E-state index >= 15 is 0 Å². The summed E-state index contributed by atoms with van der Waals surface area (Å²) in [7, 11) is 2.96. The van der Waals surface area contributed by atoms with Crippen LogP contribution in [0.5, 0.6) is 5.75 Å². The molecule has 0 unspecified atom stereocenters. The molecule has 0 saturated heterocycles. The van der Waals surface area contributed by atoms with Gasteiger partial charge in [0.1, 0.15) is 23.9 Å². The molecule has 1 aromatic carbocycles. The third-order valence-electron chi connectivity index (χ3n) is 4.58. The Morgan fingerprint density at radius 3 is 2.03 bits per heavy atom. The second-order valence-corrected chi connectivity index (χ2v) is 7.10. The van der Waals surface area contributed by atoms with Gasteiger partial charge in [0.15, 0.2) is 0 Å². The number of hydrogen-bond donors (Lipinski definition) is 4. The number of carbonyl (C=O) groups excluding carboxylic acids is 3. The number of rotatable bonds is 10. The Morgan fingerprint density at radius 1 is 1.03 bits per heavy atom. The molecule has 0 aliphatic carbocycles. The smallest absolute Gasteiger partial charge is 0.325 e. The molecule has 0 aliphatic rings. The maximum Gasteiger partial charge on any atom is 0.325 e. The normalized spacial score (nSPS) is 14.6. The average molecular weight is 422 g/mol. The number of nitrogens with two attached hydrogens (primary N) is 1. The molecule has 166 valence electrons. The van der Waals surface area contributed by atoms with Gasteiger partial charge in [0.05, 0.1) is 13.2 Å². The van der Waals surface area contributed by atoms with E-state index in [1.54, 1.807) is 24.3 Å². The molecule has 1 rings (SSSR count). The van der Waals surface area contributed by atoms with Crippen molar-refractivity contribution in [2.75, 3.05) is 14.2 Å². The standard InChI is InChI=1S/C20H30N4O6/c1-11(21)17(25)22-12(2)19(27)24(4)16(18(26)23-13(3)20(28)29)10-14-6-8-15(30-5)9-7-14/h6-9,11-13,16H,10,21H2,1-5H3,(H,22,25)(H,23,26)(H,28,29)/t11-,12+,13+,16+/m1/s1. The number of methoxy groups -OCH3 is 1. The van der Waals surface area contributed by atoms with E-state index in [4.69, 9.17) is 15.6 Å². The lowest BCUT2D eigenvalue weighted by Crippen LogP contribution is -2.56. The van der Waals surface area contributed by atoms with Crippen LogP contribution in [0.4, 0.5) is 0 Å². The van der Waals surface area contributed by atoms with Gasteiger partial charge in [0.25, 0.3) is 0 Å². The van der Waals surface area contributed by atoms with Gasteiger partial charge in [0.2, 0.25) is 17.7 Å². The Bertz CT molecular complexity index is 765. The minimum Gasteiger partial charge on any atom is -0.497 e. The number of carbonyl (C=O) groups is 4. The van der Waals surface area contributed by atoms with Crippen molar-refractivity contribution >= 4 is 23.7 Å². The Balaban J connectivity index is 3.07. The van der Waals surface area contributed by atoms with Gasteiger partial charge < -0.3 is 31.1 Å². The Kier molecular flexibility index (Phi) is 9.25. The fraction of sp³-hybridized carbons (Fsp3) is 0.500. The minimum absolute atomic E-state index is 0.137. The number of hydrogen-bond acceptors (Lipinski definition) is 6. The van der Waals surface area contributed by atoms with Crippen LogP contribution in [0.3, 0.4) is 0 Å². The van der Waals surface area contributed by atoms with Crippen LogP contribution in [0.15, 0.2) is 24.3 Å². The number of carboxylic acid groups (broad SMARTS) is 1. The Hall–Kier alpha value is -3.14. The van der Waals surface area contributed by atoms with Crippen LogP contribution in [0.25, 0.3) is 0 Å². The molecule has 10 nitrogen and oxygen atoms in total. The lowest BCUT2D eigenvalue weighted by Gasteiger charge is -2.30. The first-order chi connectivity index (χ1) is 14.0. The van der Waals surface area contributed by atoms with Crippen LogP contribution in [0.2, 0.25) is 0 Å². The summed E-state index contributed by atoms with van der Waals surface area (Å²) in [6, 6.07) is 3.10. The second-order valence-electron chi connectivity index (χ2n) is 7.10. The number of ether oxygens (including phenoxy) is 1. The minimum atomic E-state index is -1.20.